The zero-order chi connectivity index (χ0) is 15.0. The van der Waals surface area contributed by atoms with Gasteiger partial charge >= 0.3 is 12.1 Å². The Labute approximate surface area is 120 Å². The predicted molar refractivity (Wildman–Crippen MR) is 69.6 cm³/mol. The van der Waals surface area contributed by atoms with E-state index < -0.39 is 18.4 Å². The zero-order valence-corrected chi connectivity index (χ0v) is 11.4. The van der Waals surface area contributed by atoms with Crippen LogP contribution in [-0.4, -0.2) is 18.7 Å². The molecule has 1 aromatic carbocycles. The summed E-state index contributed by atoms with van der Waals surface area (Å²) in [5.74, 6) is -1.81. The van der Waals surface area contributed by atoms with Gasteiger partial charge in [-0.2, -0.15) is 13.2 Å². The Hall–Kier alpha value is -1.56. The van der Waals surface area contributed by atoms with Crippen molar-refractivity contribution in [3.63, 3.8) is 0 Å². The van der Waals surface area contributed by atoms with Crippen LogP contribution in [0, 0.1) is 0 Å². The zero-order valence-electron chi connectivity index (χ0n) is 11.4. The second-order valence-electron chi connectivity index (χ2n) is 5.54. The lowest BCUT2D eigenvalue weighted by molar-refractivity contribution is -0.206. The molecule has 2 unspecified atom stereocenters. The van der Waals surface area contributed by atoms with E-state index in [9.17, 15) is 18.0 Å². The van der Waals surface area contributed by atoms with E-state index in [2.05, 4.69) is 10.1 Å². The molecule has 0 amide bonds. The number of carbonyl (C=O) groups is 1. The van der Waals surface area contributed by atoms with Crippen LogP contribution in [0.2, 0.25) is 0 Å². The average molecular weight is 299 g/mol. The van der Waals surface area contributed by atoms with Crippen molar-refractivity contribution in [3.8, 4) is 0 Å². The van der Waals surface area contributed by atoms with Crippen molar-refractivity contribution >= 4 is 5.97 Å². The van der Waals surface area contributed by atoms with E-state index in [4.69, 9.17) is 0 Å². The van der Waals surface area contributed by atoms with Crippen LogP contribution in [0.3, 0.4) is 0 Å². The third-order valence-electron chi connectivity index (χ3n) is 4.20. The van der Waals surface area contributed by atoms with Crippen molar-refractivity contribution in [2.75, 3.05) is 6.54 Å². The number of esters is 1. The van der Waals surface area contributed by atoms with Gasteiger partial charge in [0.1, 0.15) is 0 Å². The molecular weight excluding hydrogens is 283 g/mol. The Morgan fingerprint density at radius 1 is 1.29 bits per heavy atom. The molecule has 2 atom stereocenters. The van der Waals surface area contributed by atoms with Crippen molar-refractivity contribution in [2.24, 2.45) is 0 Å². The van der Waals surface area contributed by atoms with Gasteiger partial charge in [-0.15, -0.1) is 0 Å². The van der Waals surface area contributed by atoms with Crippen molar-refractivity contribution in [1.29, 1.82) is 0 Å². The minimum atomic E-state index is -4.97. The Morgan fingerprint density at radius 3 is 2.86 bits per heavy atom. The summed E-state index contributed by atoms with van der Waals surface area (Å²) in [4.78, 5) is 11.1. The van der Waals surface area contributed by atoms with E-state index in [0.717, 1.165) is 31.2 Å². The van der Waals surface area contributed by atoms with Gasteiger partial charge in [0, 0.05) is 5.56 Å². The summed E-state index contributed by atoms with van der Waals surface area (Å²) in [7, 11) is 0. The van der Waals surface area contributed by atoms with Gasteiger partial charge in [0.2, 0.25) is 0 Å². The molecule has 0 fully saturated rings. The SMILES string of the molecule is O=C(OC1NCCC2CCCc3cccc1c32)C(F)(F)F. The number of hydrogen-bond donors (Lipinski definition) is 1. The quantitative estimate of drug-likeness (QED) is 0.809. The number of alkyl halides is 3. The van der Waals surface area contributed by atoms with E-state index >= 15 is 0 Å². The highest BCUT2D eigenvalue weighted by Crippen LogP contribution is 2.40. The van der Waals surface area contributed by atoms with E-state index in [0.29, 0.717) is 18.0 Å². The molecule has 0 aromatic heterocycles. The van der Waals surface area contributed by atoms with E-state index in [1.54, 1.807) is 6.07 Å². The Kier molecular flexibility index (Phi) is 3.65. The second-order valence-corrected chi connectivity index (χ2v) is 5.54. The summed E-state index contributed by atoms with van der Waals surface area (Å²) in [5.41, 5.74) is 2.92. The monoisotopic (exact) mass is 299 g/mol. The van der Waals surface area contributed by atoms with Crippen LogP contribution in [-0.2, 0) is 16.0 Å². The van der Waals surface area contributed by atoms with Crippen LogP contribution >= 0.6 is 0 Å². The molecule has 0 bridgehead atoms. The smallest absolute Gasteiger partial charge is 0.436 e. The normalized spacial score (nSPS) is 24.9. The fraction of sp³-hybridized carbons (Fsp3) is 0.533. The third-order valence-corrected chi connectivity index (χ3v) is 4.20. The first-order valence-corrected chi connectivity index (χ1v) is 7.09. The van der Waals surface area contributed by atoms with Gasteiger partial charge in [0.25, 0.3) is 0 Å². The van der Waals surface area contributed by atoms with Crippen LogP contribution in [0.4, 0.5) is 13.2 Å². The molecule has 1 aliphatic carbocycles. The van der Waals surface area contributed by atoms with Crippen molar-refractivity contribution in [1.82, 2.24) is 5.32 Å². The molecule has 6 heteroatoms. The summed E-state index contributed by atoms with van der Waals surface area (Å²) >= 11 is 0. The molecule has 0 saturated heterocycles. The second kappa shape index (κ2) is 5.33. The van der Waals surface area contributed by atoms with Crippen LogP contribution < -0.4 is 5.32 Å². The first kappa shape index (κ1) is 14.4. The van der Waals surface area contributed by atoms with Crippen LogP contribution in [0.15, 0.2) is 18.2 Å². The Balaban J connectivity index is 1.94. The molecule has 114 valence electrons. The number of hydrogen-bond acceptors (Lipinski definition) is 3. The maximum Gasteiger partial charge on any atom is 0.490 e. The highest BCUT2D eigenvalue weighted by atomic mass is 19.4. The van der Waals surface area contributed by atoms with Gasteiger partial charge in [-0.05, 0) is 49.3 Å². The lowest BCUT2D eigenvalue weighted by Gasteiger charge is -2.27. The molecule has 1 aliphatic heterocycles. The van der Waals surface area contributed by atoms with Crippen LogP contribution in [0.1, 0.15) is 48.1 Å². The Morgan fingerprint density at radius 2 is 2.10 bits per heavy atom. The van der Waals surface area contributed by atoms with Crippen molar-refractivity contribution in [3.05, 3.63) is 34.9 Å². The summed E-state index contributed by atoms with van der Waals surface area (Å²) in [6.45, 7) is 0.536. The fourth-order valence-electron chi connectivity index (χ4n) is 3.33. The molecule has 3 rings (SSSR count). The standard InChI is InChI=1S/C15H16F3NO2/c16-15(17,18)14(20)21-13-11-6-2-5-9-3-1-4-10(12(9)11)7-8-19-13/h2,5-6,10,13,19H,1,3-4,7-8H2. The minimum absolute atomic E-state index is 0.340. The predicted octanol–water partition coefficient (Wildman–Crippen LogP) is 3.20. The maximum atomic E-state index is 12.4. The largest absolute Gasteiger partial charge is 0.490 e. The molecule has 1 N–H and O–H groups in total. The van der Waals surface area contributed by atoms with Gasteiger partial charge < -0.3 is 4.74 Å². The van der Waals surface area contributed by atoms with Crippen molar-refractivity contribution in [2.45, 2.75) is 44.0 Å². The lowest BCUT2D eigenvalue weighted by Crippen LogP contribution is -2.33. The van der Waals surface area contributed by atoms with Crippen LogP contribution in [0.5, 0.6) is 0 Å². The fourth-order valence-corrected chi connectivity index (χ4v) is 3.33. The van der Waals surface area contributed by atoms with Gasteiger partial charge in [0.15, 0.2) is 6.23 Å². The maximum absolute atomic E-state index is 12.4. The average Bonchev–Trinajstić information content (AvgIpc) is 2.61. The molecule has 0 spiro atoms. The minimum Gasteiger partial charge on any atom is -0.436 e. The molecule has 1 aromatic rings. The van der Waals surface area contributed by atoms with Gasteiger partial charge in [-0.1, -0.05) is 18.2 Å². The molecule has 1 heterocycles. The van der Waals surface area contributed by atoms with Gasteiger partial charge in [-0.3, -0.25) is 5.32 Å². The molecule has 2 aliphatic rings. The molecule has 0 radical (unpaired) electrons. The number of nitrogens with one attached hydrogen (secondary N) is 1. The van der Waals surface area contributed by atoms with Gasteiger partial charge in [-0.25, -0.2) is 4.79 Å². The van der Waals surface area contributed by atoms with E-state index in [-0.39, 0.29) is 0 Å². The molecular formula is C15H16F3NO2. The summed E-state index contributed by atoms with van der Waals surface area (Å²) in [6, 6.07) is 5.58. The van der Waals surface area contributed by atoms with Gasteiger partial charge in [0.05, 0.1) is 0 Å². The topological polar surface area (TPSA) is 38.3 Å². The number of halogens is 3. The van der Waals surface area contributed by atoms with E-state index in [1.165, 1.54) is 5.56 Å². The molecule has 3 nitrogen and oxygen atoms in total. The number of aryl methyl sites for hydroxylation is 1. The highest BCUT2D eigenvalue weighted by molar-refractivity contribution is 5.76. The number of ether oxygens (including phenoxy) is 1. The molecule has 21 heavy (non-hydrogen) atoms. The lowest BCUT2D eigenvalue weighted by atomic mass is 9.79. The molecule has 0 saturated carbocycles. The number of carbonyl (C=O) groups excluding carboxylic acids is 1. The first-order valence-electron chi connectivity index (χ1n) is 7.09. The third kappa shape index (κ3) is 2.77. The van der Waals surface area contributed by atoms with Crippen LogP contribution in [0.25, 0.3) is 0 Å². The summed E-state index contributed by atoms with van der Waals surface area (Å²) < 4.78 is 41.9. The first-order chi connectivity index (χ1) is 9.97. The highest BCUT2D eigenvalue weighted by Gasteiger charge is 2.43. The summed E-state index contributed by atoms with van der Waals surface area (Å²) in [5, 5.41) is 2.92. The number of rotatable bonds is 1. The Bertz CT molecular complexity index is 556. The summed E-state index contributed by atoms with van der Waals surface area (Å²) in [6.07, 6.45) is -2.08. The van der Waals surface area contributed by atoms with Crippen molar-refractivity contribution < 1.29 is 22.7 Å². The van der Waals surface area contributed by atoms with E-state index in [1.807, 2.05) is 12.1 Å². The number of benzene rings is 1.